The van der Waals surface area contributed by atoms with E-state index in [0.717, 1.165) is 24.8 Å². The summed E-state index contributed by atoms with van der Waals surface area (Å²) in [4.78, 5) is 69.3. The van der Waals surface area contributed by atoms with Crippen LogP contribution in [0.15, 0.2) is 179 Å². The lowest BCUT2D eigenvalue weighted by molar-refractivity contribution is -0.275. The van der Waals surface area contributed by atoms with Crippen LogP contribution in [0.3, 0.4) is 0 Å². The summed E-state index contributed by atoms with van der Waals surface area (Å²) in [5.74, 6) is -3.19. The van der Waals surface area contributed by atoms with Crippen LogP contribution >= 0.6 is 0 Å². The van der Waals surface area contributed by atoms with E-state index in [-0.39, 0.29) is 58.3 Å². The van der Waals surface area contributed by atoms with E-state index >= 15 is 0 Å². The first kappa shape index (κ1) is 48.2. The van der Waals surface area contributed by atoms with Crippen molar-refractivity contribution in [2.45, 2.75) is 69.9 Å². The summed E-state index contributed by atoms with van der Waals surface area (Å²) in [6, 6.07) is 46.3. The van der Waals surface area contributed by atoms with Gasteiger partial charge < -0.3 is 42.3 Å². The summed E-state index contributed by atoms with van der Waals surface area (Å²) < 4.78 is 55.5. The van der Waals surface area contributed by atoms with Crippen LogP contribution in [-0.2, 0) is 30.3 Å². The lowest BCUT2D eigenvalue weighted by Crippen LogP contribution is -2.63. The second kappa shape index (κ2) is 23.7. The van der Waals surface area contributed by atoms with Crippen molar-refractivity contribution in [3.63, 3.8) is 0 Å². The molecule has 1 fully saturated rings. The third-order valence-electron chi connectivity index (χ3n) is 11.3. The zero-order chi connectivity index (χ0) is 48.7. The molecule has 8 rings (SSSR count). The maximum Gasteiger partial charge on any atom is 0.383 e. The van der Waals surface area contributed by atoms with Crippen LogP contribution in [0.1, 0.15) is 79.6 Å². The van der Waals surface area contributed by atoms with Crippen LogP contribution in [0.5, 0.6) is 17.2 Å². The van der Waals surface area contributed by atoms with Crippen LogP contribution < -0.4 is 19.8 Å². The van der Waals surface area contributed by atoms with Gasteiger partial charge in [-0.3, -0.25) is 0 Å². The second-order valence-corrected chi connectivity index (χ2v) is 16.2. The van der Waals surface area contributed by atoms with Crippen molar-refractivity contribution in [3.05, 3.63) is 208 Å². The van der Waals surface area contributed by atoms with Crippen molar-refractivity contribution in [2.24, 2.45) is 0 Å². The molecule has 70 heavy (non-hydrogen) atoms. The fourth-order valence-corrected chi connectivity index (χ4v) is 7.67. The minimum atomic E-state index is -1.68. The maximum atomic E-state index is 14.1. The van der Waals surface area contributed by atoms with Crippen molar-refractivity contribution < 1.29 is 61.5 Å². The van der Waals surface area contributed by atoms with Gasteiger partial charge in [-0.15, -0.1) is 0 Å². The van der Waals surface area contributed by atoms with Crippen molar-refractivity contribution in [3.8, 4) is 17.2 Å². The molecule has 1 aromatic heterocycles. The fraction of sp³-hybridized carbons (Fsp3) is 0.232. The van der Waals surface area contributed by atoms with Gasteiger partial charge in [0.05, 0.1) is 34.2 Å². The number of hydrogen-bond donors (Lipinski definition) is 0. The van der Waals surface area contributed by atoms with Gasteiger partial charge in [0.2, 0.25) is 18.1 Å². The van der Waals surface area contributed by atoms with E-state index in [1.165, 1.54) is 42.5 Å². The van der Waals surface area contributed by atoms with Crippen LogP contribution in [0, 0.1) is 0 Å². The predicted molar refractivity (Wildman–Crippen MR) is 256 cm³/mol. The summed E-state index contributed by atoms with van der Waals surface area (Å²) in [5, 5.41) is 0.385. The summed E-state index contributed by atoms with van der Waals surface area (Å²) in [7, 11) is 0. The molecular formula is C56H50O14. The molecule has 0 unspecified atom stereocenters. The molecule has 1 aliphatic heterocycles. The number of carbonyl (C=O) groups excluding carboxylic acids is 4. The Bertz CT molecular complexity index is 2890. The molecule has 0 bridgehead atoms. The van der Waals surface area contributed by atoms with E-state index in [9.17, 15) is 24.0 Å². The number of carbonyl (C=O) groups is 4. The topological polar surface area (TPSA) is 172 Å². The first-order valence-corrected chi connectivity index (χ1v) is 23.0. The largest absolute Gasteiger partial charge is 0.484 e. The highest BCUT2D eigenvalue weighted by molar-refractivity contribution is 5.92. The molecule has 0 spiro atoms. The highest BCUT2D eigenvalue weighted by Gasteiger charge is 2.54. The van der Waals surface area contributed by atoms with Crippen molar-refractivity contribution in [2.75, 3.05) is 13.2 Å². The smallest absolute Gasteiger partial charge is 0.383 e. The normalized spacial score (nSPS) is 17.4. The van der Waals surface area contributed by atoms with Crippen LogP contribution in [0.2, 0.25) is 0 Å². The summed E-state index contributed by atoms with van der Waals surface area (Å²) in [5.41, 5.74) is 0.726. The van der Waals surface area contributed by atoms with E-state index in [0.29, 0.717) is 11.8 Å². The van der Waals surface area contributed by atoms with Gasteiger partial charge in [0.25, 0.3) is 0 Å². The van der Waals surface area contributed by atoms with E-state index in [1.54, 1.807) is 97.1 Å². The minimum Gasteiger partial charge on any atom is -0.484 e. The number of benzene rings is 6. The molecule has 0 saturated carbocycles. The van der Waals surface area contributed by atoms with Crippen molar-refractivity contribution >= 4 is 34.8 Å². The lowest BCUT2D eigenvalue weighted by atomic mass is 9.97. The average Bonchev–Trinajstić information content (AvgIpc) is 3.40. The highest BCUT2D eigenvalue weighted by Crippen LogP contribution is 2.38. The number of fused-ring (bicyclic) bond motifs is 1. The first-order chi connectivity index (χ1) is 34.2. The quantitative estimate of drug-likeness (QED) is 0.0306. The average molecular weight is 947 g/mol. The van der Waals surface area contributed by atoms with E-state index in [4.69, 9.17) is 42.3 Å². The molecule has 0 amide bonds. The molecule has 5 atom stereocenters. The molecule has 6 aromatic carbocycles. The third-order valence-corrected chi connectivity index (χ3v) is 11.3. The van der Waals surface area contributed by atoms with Crippen LogP contribution in [0.4, 0.5) is 0 Å². The van der Waals surface area contributed by atoms with Crippen LogP contribution in [-0.4, -0.2) is 67.8 Å². The van der Waals surface area contributed by atoms with Gasteiger partial charge in [-0.2, -0.15) is 0 Å². The maximum absolute atomic E-state index is 14.1. The molecule has 0 aliphatic carbocycles. The zero-order valence-corrected chi connectivity index (χ0v) is 38.2. The van der Waals surface area contributed by atoms with Gasteiger partial charge in [-0.25, -0.2) is 24.0 Å². The van der Waals surface area contributed by atoms with Gasteiger partial charge in [-0.05, 0) is 72.6 Å². The number of ether oxygens (including phenoxy) is 8. The van der Waals surface area contributed by atoms with Gasteiger partial charge >= 0.3 is 29.5 Å². The number of unbranched alkanes of at least 4 members (excludes halogenated alkanes) is 3. The molecule has 0 N–H and O–H groups in total. The van der Waals surface area contributed by atoms with E-state index in [2.05, 4.69) is 6.92 Å². The van der Waals surface area contributed by atoms with Gasteiger partial charge in [0, 0.05) is 6.07 Å². The Balaban J connectivity index is 1.20. The monoisotopic (exact) mass is 946 g/mol. The Labute approximate surface area is 403 Å². The number of hydrogen-bond acceptors (Lipinski definition) is 14. The molecule has 14 nitrogen and oxygen atoms in total. The molecule has 2 heterocycles. The highest BCUT2D eigenvalue weighted by atomic mass is 16.7. The van der Waals surface area contributed by atoms with Gasteiger partial charge in [-0.1, -0.05) is 129 Å². The molecule has 14 heteroatoms. The number of esters is 4. The molecule has 7 aromatic rings. The lowest BCUT2D eigenvalue weighted by Gasteiger charge is -2.44. The van der Waals surface area contributed by atoms with Crippen molar-refractivity contribution in [1.82, 2.24) is 0 Å². The Hall–Kier alpha value is -8.23. The SMILES string of the molecule is CCCCCCOc1c(OCc2ccccc2)c2ccc(O[C@H]3O[C@H](COC(=O)c4ccccc4)[C@@H](OC(=O)c4ccccc4)[C@H](OC(=O)c4ccccc4)[C@@H]3OC(=O)c3ccccc3)cc2oc1=O. The Morgan fingerprint density at radius 1 is 0.529 bits per heavy atom. The Morgan fingerprint density at radius 3 is 1.60 bits per heavy atom. The molecule has 0 radical (unpaired) electrons. The number of rotatable bonds is 20. The summed E-state index contributed by atoms with van der Waals surface area (Å²) >= 11 is 0. The minimum absolute atomic E-state index is 0.0385. The van der Waals surface area contributed by atoms with Gasteiger partial charge in [0.15, 0.2) is 18.0 Å². The second-order valence-electron chi connectivity index (χ2n) is 16.2. The van der Waals surface area contributed by atoms with Crippen LogP contribution in [0.25, 0.3) is 11.0 Å². The fourth-order valence-electron chi connectivity index (χ4n) is 7.67. The molecule has 1 saturated heterocycles. The Kier molecular flexibility index (Phi) is 16.3. The van der Waals surface area contributed by atoms with Gasteiger partial charge in [0.1, 0.15) is 30.7 Å². The first-order valence-electron chi connectivity index (χ1n) is 23.0. The molecule has 1 aliphatic rings. The molecular weight excluding hydrogens is 897 g/mol. The Morgan fingerprint density at radius 2 is 1.04 bits per heavy atom. The molecule has 358 valence electrons. The van der Waals surface area contributed by atoms with Crippen molar-refractivity contribution in [1.29, 1.82) is 0 Å². The third kappa shape index (κ3) is 12.3. The summed E-state index contributed by atoms with van der Waals surface area (Å²) in [6.07, 6.45) is -4.34. The zero-order valence-electron chi connectivity index (χ0n) is 38.2. The standard InChI is InChI=1S/C56H50O14/c1-2-3-4-20-33-62-49-46(63-35-37-21-10-5-11-22-37)43-32-31-42(34-44(43)66-55(49)61)65-56-50(70-54(60)41-29-18-9-19-30-41)48(69-53(59)40-27-16-8-17-28-40)47(68-52(58)39-25-14-7-15-26-39)45(67-56)36-64-51(57)38-23-12-6-13-24-38/h5-19,21-32,34,45,47-48,50,56H,2-4,20,33,35-36H2,1H3/t45-,47-,48+,50+,56+/m1/s1. The summed E-state index contributed by atoms with van der Waals surface area (Å²) in [6.45, 7) is 1.92. The van der Waals surface area contributed by atoms with E-state index < -0.39 is 66.8 Å². The predicted octanol–water partition coefficient (Wildman–Crippen LogP) is 9.97. The van der Waals surface area contributed by atoms with E-state index in [1.807, 2.05) is 30.3 Å².